The molecule has 5 nitrogen and oxygen atoms in total. The first kappa shape index (κ1) is 16.5. The Labute approximate surface area is 129 Å². The summed E-state index contributed by atoms with van der Waals surface area (Å²) in [6.07, 6.45) is 5.00. The maximum absolute atomic E-state index is 12.4. The summed E-state index contributed by atoms with van der Waals surface area (Å²) in [7, 11) is -3.54. The minimum atomic E-state index is -3.54. The van der Waals surface area contributed by atoms with Gasteiger partial charge in [-0.1, -0.05) is 26.2 Å². The van der Waals surface area contributed by atoms with Crippen LogP contribution in [0.4, 0.5) is 0 Å². The van der Waals surface area contributed by atoms with Crippen molar-refractivity contribution in [2.24, 2.45) is 5.92 Å². The third-order valence-corrected chi connectivity index (χ3v) is 7.03. The Morgan fingerprint density at radius 3 is 2.76 bits per heavy atom. The van der Waals surface area contributed by atoms with E-state index in [1.807, 2.05) is 0 Å². The molecule has 0 saturated heterocycles. The zero-order chi connectivity index (χ0) is 15.5. The van der Waals surface area contributed by atoms with Crippen LogP contribution >= 0.6 is 11.3 Å². The number of carboxylic acid groups (broad SMARTS) is 1. The highest BCUT2D eigenvalue weighted by atomic mass is 32.2. The number of nitrogens with one attached hydrogen (secondary N) is 1. The van der Waals surface area contributed by atoms with E-state index in [9.17, 15) is 13.2 Å². The normalized spacial score (nSPS) is 23.1. The molecule has 2 unspecified atom stereocenters. The molecule has 2 rings (SSSR count). The first-order valence-corrected chi connectivity index (χ1v) is 9.55. The van der Waals surface area contributed by atoms with Gasteiger partial charge < -0.3 is 5.11 Å². The molecule has 0 bridgehead atoms. The number of hydrogen-bond donors (Lipinski definition) is 2. The van der Waals surface area contributed by atoms with Crippen LogP contribution in [-0.4, -0.2) is 25.5 Å². The smallest absolute Gasteiger partial charge is 0.308 e. The Balaban J connectivity index is 2.10. The lowest BCUT2D eigenvalue weighted by Crippen LogP contribution is -2.41. The number of sulfonamides is 1. The summed E-state index contributed by atoms with van der Waals surface area (Å²) in [6, 6.07) is 3.07. The van der Waals surface area contributed by atoms with Crippen molar-refractivity contribution in [2.45, 2.75) is 55.7 Å². The molecule has 0 spiro atoms. The fraction of sp³-hybridized carbons (Fsp3) is 0.643. The van der Waals surface area contributed by atoms with Gasteiger partial charge in [-0.15, -0.1) is 11.3 Å². The molecule has 1 aromatic heterocycles. The van der Waals surface area contributed by atoms with Crippen molar-refractivity contribution in [3.05, 3.63) is 17.0 Å². The number of rotatable bonds is 6. The van der Waals surface area contributed by atoms with Crippen molar-refractivity contribution in [1.82, 2.24) is 4.72 Å². The summed E-state index contributed by atoms with van der Waals surface area (Å²) in [5.74, 6) is -0.556. The number of carbonyl (C=O) groups is 1. The molecule has 2 atom stereocenters. The van der Waals surface area contributed by atoms with E-state index in [-0.39, 0.29) is 16.7 Å². The van der Waals surface area contributed by atoms with Crippen molar-refractivity contribution >= 4 is 27.3 Å². The lowest BCUT2D eigenvalue weighted by Gasteiger charge is -2.31. The monoisotopic (exact) mass is 331 g/mol. The molecule has 1 aliphatic rings. The zero-order valence-corrected chi connectivity index (χ0v) is 13.7. The Morgan fingerprint density at radius 2 is 2.10 bits per heavy atom. The van der Waals surface area contributed by atoms with Crippen LogP contribution in [0.25, 0.3) is 0 Å². The zero-order valence-electron chi connectivity index (χ0n) is 12.0. The maximum atomic E-state index is 12.4. The highest BCUT2D eigenvalue weighted by molar-refractivity contribution is 7.91. The first-order chi connectivity index (χ1) is 9.92. The van der Waals surface area contributed by atoms with Gasteiger partial charge in [-0.3, -0.25) is 4.79 Å². The van der Waals surface area contributed by atoms with Crippen LogP contribution in [0.2, 0.25) is 0 Å². The Bertz CT molecular complexity index is 594. The van der Waals surface area contributed by atoms with E-state index in [2.05, 4.69) is 11.6 Å². The number of carboxylic acids is 1. The van der Waals surface area contributed by atoms with Crippen LogP contribution in [0.15, 0.2) is 16.3 Å². The van der Waals surface area contributed by atoms with Gasteiger partial charge in [0, 0.05) is 10.9 Å². The first-order valence-electron chi connectivity index (χ1n) is 7.25. The molecular weight excluding hydrogens is 310 g/mol. The summed E-state index contributed by atoms with van der Waals surface area (Å²) in [5.41, 5.74) is 0. The van der Waals surface area contributed by atoms with Gasteiger partial charge in [-0.25, -0.2) is 13.1 Å². The van der Waals surface area contributed by atoms with E-state index in [0.717, 1.165) is 37.0 Å². The predicted octanol–water partition coefficient (Wildman–Crippen LogP) is 2.62. The van der Waals surface area contributed by atoms with E-state index >= 15 is 0 Å². The van der Waals surface area contributed by atoms with Crippen LogP contribution in [-0.2, 0) is 21.2 Å². The SMILES string of the molecule is CCC1CCCCC1NS(=O)(=O)c1ccc(CC(=O)O)s1. The largest absolute Gasteiger partial charge is 0.481 e. The van der Waals surface area contributed by atoms with Crippen LogP contribution in [0, 0.1) is 5.92 Å². The number of hydrogen-bond acceptors (Lipinski definition) is 4. The van der Waals surface area contributed by atoms with E-state index < -0.39 is 16.0 Å². The standard InChI is InChI=1S/C14H21NO4S2/c1-2-10-5-3-4-6-12(10)15-21(18,19)14-8-7-11(20-14)9-13(16)17/h7-8,10,12,15H,2-6,9H2,1H3,(H,16,17). The Kier molecular flexibility index (Phi) is 5.40. The van der Waals surface area contributed by atoms with Crippen LogP contribution in [0.3, 0.4) is 0 Å². The second-order valence-electron chi connectivity index (χ2n) is 5.47. The molecule has 0 amide bonds. The van der Waals surface area contributed by atoms with Gasteiger partial charge in [0.1, 0.15) is 4.21 Å². The highest BCUT2D eigenvalue weighted by Crippen LogP contribution is 2.29. The summed E-state index contributed by atoms with van der Waals surface area (Å²) >= 11 is 1.03. The van der Waals surface area contributed by atoms with Gasteiger partial charge in [0.15, 0.2) is 0 Å². The summed E-state index contributed by atoms with van der Waals surface area (Å²) in [6.45, 7) is 2.09. The lowest BCUT2D eigenvalue weighted by molar-refractivity contribution is -0.136. The molecule has 7 heteroatoms. The van der Waals surface area contributed by atoms with Gasteiger partial charge in [-0.2, -0.15) is 0 Å². The van der Waals surface area contributed by atoms with Crippen molar-refractivity contribution in [1.29, 1.82) is 0 Å². The minimum Gasteiger partial charge on any atom is -0.481 e. The highest BCUT2D eigenvalue weighted by Gasteiger charge is 2.29. The average molecular weight is 331 g/mol. The molecule has 0 radical (unpaired) electrons. The van der Waals surface area contributed by atoms with Gasteiger partial charge in [-0.05, 0) is 30.9 Å². The molecule has 1 fully saturated rings. The summed E-state index contributed by atoms with van der Waals surface area (Å²) in [5, 5.41) is 8.75. The fourth-order valence-electron chi connectivity index (χ4n) is 2.86. The van der Waals surface area contributed by atoms with Crippen molar-refractivity contribution < 1.29 is 18.3 Å². The Hall–Kier alpha value is -0.920. The fourth-order valence-corrected chi connectivity index (χ4v) is 5.56. The van der Waals surface area contributed by atoms with E-state index in [1.54, 1.807) is 6.07 Å². The molecule has 1 aromatic rings. The predicted molar refractivity (Wildman–Crippen MR) is 82.0 cm³/mol. The van der Waals surface area contributed by atoms with Crippen LogP contribution < -0.4 is 4.72 Å². The Morgan fingerprint density at radius 1 is 1.38 bits per heavy atom. The van der Waals surface area contributed by atoms with Crippen molar-refractivity contribution in [3.63, 3.8) is 0 Å². The van der Waals surface area contributed by atoms with Crippen LogP contribution in [0.5, 0.6) is 0 Å². The molecule has 1 aliphatic carbocycles. The quantitative estimate of drug-likeness (QED) is 0.839. The molecule has 0 aliphatic heterocycles. The molecular formula is C14H21NO4S2. The number of thiophene rings is 1. The van der Waals surface area contributed by atoms with Crippen LogP contribution in [0.1, 0.15) is 43.9 Å². The molecule has 118 valence electrons. The third kappa shape index (κ3) is 4.28. The summed E-state index contributed by atoms with van der Waals surface area (Å²) in [4.78, 5) is 11.2. The third-order valence-electron chi connectivity index (χ3n) is 3.97. The number of aliphatic carboxylic acids is 1. The van der Waals surface area contributed by atoms with Gasteiger partial charge in [0.2, 0.25) is 10.0 Å². The molecule has 1 heterocycles. The average Bonchev–Trinajstić information content (AvgIpc) is 2.87. The topological polar surface area (TPSA) is 83.5 Å². The second-order valence-corrected chi connectivity index (χ2v) is 8.58. The lowest BCUT2D eigenvalue weighted by atomic mass is 9.83. The van der Waals surface area contributed by atoms with E-state index in [4.69, 9.17) is 5.11 Å². The van der Waals surface area contributed by atoms with Gasteiger partial charge >= 0.3 is 5.97 Å². The van der Waals surface area contributed by atoms with E-state index in [1.165, 1.54) is 12.5 Å². The van der Waals surface area contributed by atoms with Crippen molar-refractivity contribution in [3.8, 4) is 0 Å². The molecule has 1 saturated carbocycles. The summed E-state index contributed by atoms with van der Waals surface area (Å²) < 4.78 is 27.8. The van der Waals surface area contributed by atoms with Gasteiger partial charge in [0.25, 0.3) is 0 Å². The molecule has 0 aromatic carbocycles. The molecule has 2 N–H and O–H groups in total. The minimum absolute atomic E-state index is 0.00114. The molecule has 21 heavy (non-hydrogen) atoms. The van der Waals surface area contributed by atoms with Crippen molar-refractivity contribution in [2.75, 3.05) is 0 Å². The maximum Gasteiger partial charge on any atom is 0.308 e. The van der Waals surface area contributed by atoms with E-state index in [0.29, 0.717) is 10.8 Å². The second kappa shape index (κ2) is 6.89. The van der Waals surface area contributed by atoms with Gasteiger partial charge in [0.05, 0.1) is 6.42 Å².